The zero-order chi connectivity index (χ0) is 15.2. The topological polar surface area (TPSA) is 58.4 Å². The summed E-state index contributed by atoms with van der Waals surface area (Å²) in [7, 11) is 0. The van der Waals surface area contributed by atoms with Gasteiger partial charge in [0.15, 0.2) is 5.82 Å². The number of nitro groups is 1. The van der Waals surface area contributed by atoms with Crippen molar-refractivity contribution in [1.82, 2.24) is 4.90 Å². The van der Waals surface area contributed by atoms with Crippen molar-refractivity contribution in [3.63, 3.8) is 0 Å². The van der Waals surface area contributed by atoms with Gasteiger partial charge in [0.1, 0.15) is 0 Å². The van der Waals surface area contributed by atoms with Crippen molar-refractivity contribution < 1.29 is 9.31 Å². The van der Waals surface area contributed by atoms with Gasteiger partial charge >= 0.3 is 0 Å². The molecule has 0 spiro atoms. The van der Waals surface area contributed by atoms with E-state index >= 15 is 0 Å². The Kier molecular flexibility index (Phi) is 5.50. The molecule has 1 aliphatic rings. The lowest BCUT2D eigenvalue weighted by atomic mass is 10.0. The first-order chi connectivity index (χ1) is 10.1. The molecule has 1 heterocycles. The van der Waals surface area contributed by atoms with E-state index in [0.29, 0.717) is 18.3 Å². The number of nitrogens with zero attached hydrogens (tertiary/aromatic N) is 2. The van der Waals surface area contributed by atoms with E-state index in [0.717, 1.165) is 25.6 Å². The third kappa shape index (κ3) is 4.39. The van der Waals surface area contributed by atoms with Crippen molar-refractivity contribution in [2.75, 3.05) is 25.0 Å². The quantitative estimate of drug-likeness (QED) is 0.496. The Hall–Kier alpha value is -1.69. The summed E-state index contributed by atoms with van der Waals surface area (Å²) in [6.07, 6.45) is 4.75. The number of likely N-dealkylation sites (tertiary alicyclic amines) is 1. The zero-order valence-electron chi connectivity index (χ0n) is 12.3. The Morgan fingerprint density at radius 2 is 2.29 bits per heavy atom. The van der Waals surface area contributed by atoms with Crippen LogP contribution in [0.1, 0.15) is 32.6 Å². The Balaban J connectivity index is 1.77. The molecule has 116 valence electrons. The summed E-state index contributed by atoms with van der Waals surface area (Å²) in [5, 5.41) is 13.6. The van der Waals surface area contributed by atoms with E-state index in [1.807, 2.05) is 0 Å². The molecule has 0 saturated carbocycles. The number of benzene rings is 1. The average molecular weight is 295 g/mol. The molecule has 2 rings (SSSR count). The van der Waals surface area contributed by atoms with E-state index in [4.69, 9.17) is 0 Å². The third-order valence-corrected chi connectivity index (χ3v) is 4.04. The monoisotopic (exact) mass is 295 g/mol. The molecule has 0 aliphatic carbocycles. The number of piperidine rings is 1. The van der Waals surface area contributed by atoms with Crippen LogP contribution in [-0.4, -0.2) is 35.5 Å². The second kappa shape index (κ2) is 7.36. The molecule has 21 heavy (non-hydrogen) atoms. The van der Waals surface area contributed by atoms with Crippen molar-refractivity contribution >= 4 is 11.4 Å². The van der Waals surface area contributed by atoms with Crippen LogP contribution in [0, 0.1) is 15.9 Å². The van der Waals surface area contributed by atoms with E-state index in [1.54, 1.807) is 0 Å². The minimum atomic E-state index is -0.593. The van der Waals surface area contributed by atoms with Gasteiger partial charge in [0, 0.05) is 25.2 Å². The molecule has 0 bridgehead atoms. The molecule has 0 radical (unpaired) electrons. The maximum Gasteiger partial charge on any atom is 0.272 e. The van der Waals surface area contributed by atoms with Crippen LogP contribution in [0.3, 0.4) is 0 Å². The van der Waals surface area contributed by atoms with Crippen LogP contribution in [0.5, 0.6) is 0 Å². The summed E-state index contributed by atoms with van der Waals surface area (Å²) in [5.74, 6) is -0.574. The molecule has 5 nitrogen and oxygen atoms in total. The number of hydrogen-bond donors (Lipinski definition) is 1. The highest BCUT2D eigenvalue weighted by Crippen LogP contribution is 2.20. The SMILES string of the molecule is CC1CCCCN1CCCNc1ccc([N+](=O)[O-])cc1F. The Labute approximate surface area is 124 Å². The molecule has 1 aliphatic heterocycles. The van der Waals surface area contributed by atoms with Gasteiger partial charge in [0.25, 0.3) is 5.69 Å². The Morgan fingerprint density at radius 1 is 1.48 bits per heavy atom. The molecule has 1 unspecified atom stereocenters. The van der Waals surface area contributed by atoms with Crippen LogP contribution in [0.25, 0.3) is 0 Å². The number of hydrogen-bond acceptors (Lipinski definition) is 4. The van der Waals surface area contributed by atoms with Crippen LogP contribution < -0.4 is 5.32 Å². The van der Waals surface area contributed by atoms with Crippen molar-refractivity contribution in [2.24, 2.45) is 0 Å². The summed E-state index contributed by atoms with van der Waals surface area (Å²) >= 11 is 0. The lowest BCUT2D eigenvalue weighted by molar-refractivity contribution is -0.385. The van der Waals surface area contributed by atoms with E-state index in [2.05, 4.69) is 17.1 Å². The smallest absolute Gasteiger partial charge is 0.272 e. The Bertz CT molecular complexity index is 496. The van der Waals surface area contributed by atoms with Crippen LogP contribution >= 0.6 is 0 Å². The largest absolute Gasteiger partial charge is 0.383 e. The van der Waals surface area contributed by atoms with Crippen LogP contribution in [0.4, 0.5) is 15.8 Å². The molecule has 6 heteroatoms. The molecule has 0 aromatic heterocycles. The predicted molar refractivity (Wildman–Crippen MR) is 81.0 cm³/mol. The van der Waals surface area contributed by atoms with Crippen molar-refractivity contribution in [3.05, 3.63) is 34.1 Å². The van der Waals surface area contributed by atoms with E-state index in [9.17, 15) is 14.5 Å². The third-order valence-electron chi connectivity index (χ3n) is 4.04. The van der Waals surface area contributed by atoms with Crippen LogP contribution in [0.15, 0.2) is 18.2 Å². The van der Waals surface area contributed by atoms with Gasteiger partial charge in [-0.3, -0.25) is 10.1 Å². The Morgan fingerprint density at radius 3 is 2.95 bits per heavy atom. The standard InChI is InChI=1S/C15H22FN3O2/c1-12-5-2-3-9-18(12)10-4-8-17-15-7-6-13(19(20)21)11-14(15)16/h6-7,11-12,17H,2-5,8-10H2,1H3. The van der Waals surface area contributed by atoms with E-state index in [1.165, 1.54) is 31.4 Å². The summed E-state index contributed by atoms with van der Waals surface area (Å²) in [5.41, 5.74) is 0.104. The highest BCUT2D eigenvalue weighted by Gasteiger charge is 2.17. The summed E-state index contributed by atoms with van der Waals surface area (Å²) < 4.78 is 13.7. The second-order valence-electron chi connectivity index (χ2n) is 5.58. The van der Waals surface area contributed by atoms with Gasteiger partial charge in [-0.1, -0.05) is 6.42 Å². The molecule has 1 aromatic carbocycles. The van der Waals surface area contributed by atoms with Crippen molar-refractivity contribution in [2.45, 2.75) is 38.6 Å². The zero-order valence-corrected chi connectivity index (χ0v) is 12.3. The first-order valence-corrected chi connectivity index (χ1v) is 7.50. The lowest BCUT2D eigenvalue weighted by Gasteiger charge is -2.33. The van der Waals surface area contributed by atoms with Crippen molar-refractivity contribution in [3.8, 4) is 0 Å². The maximum atomic E-state index is 13.7. The van der Waals surface area contributed by atoms with Gasteiger partial charge in [0.05, 0.1) is 16.7 Å². The number of anilines is 1. The predicted octanol–water partition coefficient (Wildman–Crippen LogP) is 3.41. The fraction of sp³-hybridized carbons (Fsp3) is 0.600. The fourth-order valence-electron chi connectivity index (χ4n) is 2.76. The highest BCUT2D eigenvalue weighted by atomic mass is 19.1. The van der Waals surface area contributed by atoms with Crippen LogP contribution in [-0.2, 0) is 0 Å². The number of nitrogens with one attached hydrogen (secondary N) is 1. The van der Waals surface area contributed by atoms with Gasteiger partial charge in [-0.25, -0.2) is 4.39 Å². The lowest BCUT2D eigenvalue weighted by Crippen LogP contribution is -2.38. The number of non-ortho nitro benzene ring substituents is 1. The van der Waals surface area contributed by atoms with Gasteiger partial charge < -0.3 is 10.2 Å². The molecule has 1 saturated heterocycles. The van der Waals surface area contributed by atoms with Gasteiger partial charge in [-0.15, -0.1) is 0 Å². The minimum absolute atomic E-state index is 0.222. The second-order valence-corrected chi connectivity index (χ2v) is 5.58. The summed E-state index contributed by atoms with van der Waals surface area (Å²) in [6.45, 7) is 5.07. The molecular formula is C15H22FN3O2. The van der Waals surface area contributed by atoms with Crippen molar-refractivity contribution in [1.29, 1.82) is 0 Å². The molecule has 1 aromatic rings. The molecule has 0 amide bonds. The molecular weight excluding hydrogens is 273 g/mol. The molecule has 1 fully saturated rings. The van der Waals surface area contributed by atoms with Gasteiger partial charge in [-0.05, 0) is 38.8 Å². The number of halogens is 1. The fourth-order valence-corrected chi connectivity index (χ4v) is 2.76. The normalized spacial score (nSPS) is 19.4. The van der Waals surface area contributed by atoms with Gasteiger partial charge in [-0.2, -0.15) is 0 Å². The maximum absolute atomic E-state index is 13.7. The first kappa shape index (κ1) is 15.7. The van der Waals surface area contributed by atoms with E-state index < -0.39 is 10.7 Å². The summed E-state index contributed by atoms with van der Waals surface area (Å²) in [4.78, 5) is 12.4. The minimum Gasteiger partial charge on any atom is -0.383 e. The summed E-state index contributed by atoms with van der Waals surface area (Å²) in [6, 6.07) is 4.33. The van der Waals surface area contributed by atoms with Crippen LogP contribution in [0.2, 0.25) is 0 Å². The highest BCUT2D eigenvalue weighted by molar-refractivity contribution is 5.50. The first-order valence-electron chi connectivity index (χ1n) is 7.50. The number of rotatable bonds is 6. The molecule has 1 N–H and O–H groups in total. The average Bonchev–Trinajstić information content (AvgIpc) is 2.46. The number of nitro benzene ring substituents is 1. The van der Waals surface area contributed by atoms with E-state index in [-0.39, 0.29) is 5.69 Å². The van der Waals surface area contributed by atoms with Gasteiger partial charge in [0.2, 0.25) is 0 Å². The molecule has 1 atom stereocenters.